The minimum Gasteiger partial charge on any atom is -0.373 e. The summed E-state index contributed by atoms with van der Waals surface area (Å²) >= 11 is 0. The molecule has 3 rings (SSSR count). The summed E-state index contributed by atoms with van der Waals surface area (Å²) in [4.78, 5) is 0. The van der Waals surface area contributed by atoms with Crippen LogP contribution in [0.2, 0.25) is 0 Å². The molecule has 2 fully saturated rings. The van der Waals surface area contributed by atoms with E-state index in [4.69, 9.17) is 4.74 Å². The van der Waals surface area contributed by atoms with Gasteiger partial charge in [0.2, 0.25) is 0 Å². The Bertz CT molecular complexity index is 610. The molecule has 2 aliphatic carbocycles. The minimum atomic E-state index is 0.719. The van der Waals surface area contributed by atoms with Crippen LogP contribution < -0.4 is 0 Å². The van der Waals surface area contributed by atoms with E-state index < -0.39 is 0 Å². The van der Waals surface area contributed by atoms with Gasteiger partial charge in [-0.2, -0.15) is 0 Å². The predicted molar refractivity (Wildman–Crippen MR) is 125 cm³/mol. The molecule has 0 spiro atoms. The molecular weight excluding hydrogens is 352 g/mol. The van der Waals surface area contributed by atoms with Gasteiger partial charge in [0, 0.05) is 0 Å². The number of rotatable bonds is 9. The molecular formula is C28H42O. The molecule has 0 saturated heterocycles. The van der Waals surface area contributed by atoms with Crippen molar-refractivity contribution < 1.29 is 4.74 Å². The van der Waals surface area contributed by atoms with Gasteiger partial charge >= 0.3 is 0 Å². The van der Waals surface area contributed by atoms with Crippen LogP contribution in [0.5, 0.6) is 0 Å². The highest BCUT2D eigenvalue weighted by molar-refractivity contribution is 5.25. The standard InChI is InChI=1S/C28H42O/c1-3-5-7-21-29-22-24-11-15-26(16-12-24)28-19-17-27(18-20-28)25-13-9-23(10-14-25)8-6-4-2/h4-7,11-12,15-16,23,25,27-28H,3,8-10,13-14,17-22H2,1-2H3/b6-4+,7-5+. The normalized spacial score (nSPS) is 28.3. The van der Waals surface area contributed by atoms with Crippen LogP contribution in [0.1, 0.15) is 95.1 Å². The number of benzene rings is 1. The van der Waals surface area contributed by atoms with Crippen LogP contribution in [0.4, 0.5) is 0 Å². The van der Waals surface area contributed by atoms with Crippen molar-refractivity contribution in [1.82, 2.24) is 0 Å². The molecule has 1 aromatic rings. The molecule has 0 bridgehead atoms. The van der Waals surface area contributed by atoms with Gasteiger partial charge in [0.25, 0.3) is 0 Å². The lowest BCUT2D eigenvalue weighted by Crippen LogP contribution is -2.25. The second kappa shape index (κ2) is 12.4. The van der Waals surface area contributed by atoms with Crippen molar-refractivity contribution in [3.63, 3.8) is 0 Å². The number of hydrogen-bond acceptors (Lipinski definition) is 1. The van der Waals surface area contributed by atoms with Crippen molar-refractivity contribution in [2.24, 2.45) is 17.8 Å². The third-order valence-electron chi connectivity index (χ3n) is 7.37. The first kappa shape index (κ1) is 22.3. The molecule has 2 saturated carbocycles. The van der Waals surface area contributed by atoms with Gasteiger partial charge in [-0.05, 0) is 106 Å². The van der Waals surface area contributed by atoms with Gasteiger partial charge in [-0.25, -0.2) is 0 Å². The summed E-state index contributed by atoms with van der Waals surface area (Å²) < 4.78 is 5.73. The smallest absolute Gasteiger partial charge is 0.0721 e. The van der Waals surface area contributed by atoms with E-state index in [1.165, 1.54) is 63.4 Å². The van der Waals surface area contributed by atoms with E-state index in [1.807, 2.05) is 0 Å². The van der Waals surface area contributed by atoms with E-state index in [0.29, 0.717) is 0 Å². The molecule has 1 aromatic carbocycles. The molecule has 160 valence electrons. The first-order valence-corrected chi connectivity index (χ1v) is 12.2. The lowest BCUT2D eigenvalue weighted by molar-refractivity contribution is 0.148. The SMILES string of the molecule is C/C=C/CC1CCC(C2CCC(c3ccc(COC/C=C/CC)cc3)CC2)CC1. The van der Waals surface area contributed by atoms with Crippen molar-refractivity contribution in [2.75, 3.05) is 6.61 Å². The van der Waals surface area contributed by atoms with E-state index >= 15 is 0 Å². The summed E-state index contributed by atoms with van der Waals surface area (Å²) in [5, 5.41) is 0. The van der Waals surface area contributed by atoms with Crippen molar-refractivity contribution in [2.45, 2.75) is 90.6 Å². The fourth-order valence-corrected chi connectivity index (χ4v) is 5.51. The summed E-state index contributed by atoms with van der Waals surface area (Å²) in [5.74, 6) is 3.75. The van der Waals surface area contributed by atoms with Crippen LogP contribution in [0.25, 0.3) is 0 Å². The lowest BCUT2D eigenvalue weighted by atomic mass is 9.68. The Labute approximate surface area is 179 Å². The lowest BCUT2D eigenvalue weighted by Gasteiger charge is -2.38. The van der Waals surface area contributed by atoms with Gasteiger partial charge in [-0.3, -0.25) is 0 Å². The zero-order valence-electron chi connectivity index (χ0n) is 18.8. The van der Waals surface area contributed by atoms with Gasteiger partial charge in [-0.15, -0.1) is 0 Å². The molecule has 0 atom stereocenters. The Morgan fingerprint density at radius 2 is 1.48 bits per heavy atom. The van der Waals surface area contributed by atoms with E-state index in [1.54, 1.807) is 5.56 Å². The van der Waals surface area contributed by atoms with E-state index in [0.717, 1.165) is 43.3 Å². The molecule has 0 N–H and O–H groups in total. The molecule has 1 heteroatoms. The fraction of sp³-hybridized carbons (Fsp3) is 0.643. The molecule has 0 aliphatic heterocycles. The van der Waals surface area contributed by atoms with Crippen LogP contribution in [0.15, 0.2) is 48.6 Å². The van der Waals surface area contributed by atoms with Gasteiger partial charge in [0.05, 0.1) is 13.2 Å². The molecule has 29 heavy (non-hydrogen) atoms. The van der Waals surface area contributed by atoms with Crippen LogP contribution in [-0.4, -0.2) is 6.61 Å². The average molecular weight is 395 g/mol. The third-order valence-corrected chi connectivity index (χ3v) is 7.37. The van der Waals surface area contributed by atoms with Crippen LogP contribution in [0, 0.1) is 17.8 Å². The zero-order chi connectivity index (χ0) is 20.3. The van der Waals surface area contributed by atoms with Crippen molar-refractivity contribution >= 4 is 0 Å². The molecule has 2 aliphatic rings. The summed E-state index contributed by atoms with van der Waals surface area (Å²) in [6.07, 6.45) is 22.8. The molecule has 0 radical (unpaired) electrons. The highest BCUT2D eigenvalue weighted by Crippen LogP contribution is 2.44. The largest absolute Gasteiger partial charge is 0.373 e. The highest BCUT2D eigenvalue weighted by atomic mass is 16.5. The van der Waals surface area contributed by atoms with Crippen molar-refractivity contribution in [3.05, 3.63) is 59.7 Å². The molecule has 0 heterocycles. The second-order valence-corrected chi connectivity index (χ2v) is 9.33. The first-order valence-electron chi connectivity index (χ1n) is 12.2. The molecule has 0 aromatic heterocycles. The topological polar surface area (TPSA) is 9.23 Å². The number of ether oxygens (including phenoxy) is 1. The molecule has 0 amide bonds. The van der Waals surface area contributed by atoms with Gasteiger partial charge in [0.1, 0.15) is 0 Å². The Hall–Kier alpha value is -1.34. The fourth-order valence-electron chi connectivity index (χ4n) is 5.51. The first-order chi connectivity index (χ1) is 14.3. The maximum Gasteiger partial charge on any atom is 0.0721 e. The summed E-state index contributed by atoms with van der Waals surface area (Å²) in [6, 6.07) is 9.27. The number of allylic oxidation sites excluding steroid dienone is 3. The molecule has 0 unspecified atom stereocenters. The van der Waals surface area contributed by atoms with Crippen LogP contribution in [0.3, 0.4) is 0 Å². The van der Waals surface area contributed by atoms with E-state index in [9.17, 15) is 0 Å². The Morgan fingerprint density at radius 1 is 0.828 bits per heavy atom. The number of hydrogen-bond donors (Lipinski definition) is 0. The summed E-state index contributed by atoms with van der Waals surface area (Å²) in [6.45, 7) is 5.74. The van der Waals surface area contributed by atoms with Crippen LogP contribution >= 0.6 is 0 Å². The highest BCUT2D eigenvalue weighted by Gasteiger charge is 2.30. The minimum absolute atomic E-state index is 0.719. The quantitative estimate of drug-likeness (QED) is 0.303. The maximum absolute atomic E-state index is 5.73. The monoisotopic (exact) mass is 394 g/mol. The third kappa shape index (κ3) is 7.14. The van der Waals surface area contributed by atoms with Crippen molar-refractivity contribution in [1.29, 1.82) is 0 Å². The van der Waals surface area contributed by atoms with E-state index in [-0.39, 0.29) is 0 Å². The maximum atomic E-state index is 5.73. The Balaban J connectivity index is 1.38. The van der Waals surface area contributed by atoms with Gasteiger partial charge in [-0.1, -0.05) is 55.5 Å². The molecule has 1 nitrogen and oxygen atoms in total. The second-order valence-electron chi connectivity index (χ2n) is 9.33. The Morgan fingerprint density at radius 3 is 2.10 bits per heavy atom. The predicted octanol–water partition coefficient (Wildman–Crippen LogP) is 8.22. The summed E-state index contributed by atoms with van der Waals surface area (Å²) in [7, 11) is 0. The Kier molecular flexibility index (Phi) is 9.54. The average Bonchev–Trinajstić information content (AvgIpc) is 2.78. The van der Waals surface area contributed by atoms with Gasteiger partial charge < -0.3 is 4.74 Å². The van der Waals surface area contributed by atoms with E-state index in [2.05, 4.69) is 62.4 Å². The zero-order valence-corrected chi connectivity index (χ0v) is 18.8. The van der Waals surface area contributed by atoms with Gasteiger partial charge in [0.15, 0.2) is 0 Å². The van der Waals surface area contributed by atoms with Crippen molar-refractivity contribution in [3.8, 4) is 0 Å². The van der Waals surface area contributed by atoms with Crippen LogP contribution in [-0.2, 0) is 11.3 Å². The summed E-state index contributed by atoms with van der Waals surface area (Å²) in [5.41, 5.74) is 2.84.